The molecule has 0 bridgehead atoms. The van der Waals surface area contributed by atoms with Crippen molar-refractivity contribution in [2.45, 2.75) is 71.1 Å². The van der Waals surface area contributed by atoms with Crippen LogP contribution in [-0.2, 0) is 0 Å². The molecule has 0 aromatic heterocycles. The average Bonchev–Trinajstić information content (AvgIpc) is 2.44. The van der Waals surface area contributed by atoms with Crippen molar-refractivity contribution in [1.82, 2.24) is 0 Å². The third-order valence-electron chi connectivity index (χ3n) is 3.60. The lowest BCUT2D eigenvalue weighted by Crippen LogP contribution is -1.97. The van der Waals surface area contributed by atoms with Crippen molar-refractivity contribution in [3.05, 3.63) is 28.2 Å². The third-order valence-corrected chi connectivity index (χ3v) is 4.04. The highest BCUT2D eigenvalue weighted by atomic mass is 35.5. The predicted molar refractivity (Wildman–Crippen MR) is 93.8 cm³/mol. The summed E-state index contributed by atoms with van der Waals surface area (Å²) in [6.45, 7) is 3.01. The number of hydrogen-bond acceptors (Lipinski definition) is 1. The van der Waals surface area contributed by atoms with E-state index in [0.29, 0.717) is 10.0 Å². The van der Waals surface area contributed by atoms with Gasteiger partial charge in [0.25, 0.3) is 0 Å². The highest BCUT2D eigenvalue weighted by Crippen LogP contribution is 2.24. The van der Waals surface area contributed by atoms with Crippen LogP contribution in [0.3, 0.4) is 0 Å². The Kier molecular flexibility index (Phi) is 10.8. The molecule has 120 valence electrons. The smallest absolute Gasteiger partial charge is 0.122 e. The molecule has 1 aromatic rings. The Labute approximate surface area is 140 Å². The molecule has 0 heterocycles. The summed E-state index contributed by atoms with van der Waals surface area (Å²) in [5.74, 6) is 0.767. The van der Waals surface area contributed by atoms with Gasteiger partial charge in [0, 0.05) is 10.0 Å². The van der Waals surface area contributed by atoms with Gasteiger partial charge in [-0.05, 0) is 24.6 Å². The summed E-state index contributed by atoms with van der Waals surface area (Å²) in [5, 5.41) is 1.25. The number of rotatable bonds is 12. The minimum Gasteiger partial charge on any atom is -0.493 e. The van der Waals surface area contributed by atoms with Crippen LogP contribution in [0.1, 0.15) is 71.1 Å². The summed E-state index contributed by atoms with van der Waals surface area (Å²) < 4.78 is 5.67. The third kappa shape index (κ3) is 10.0. The molecule has 0 saturated carbocycles. The molecule has 0 aliphatic rings. The van der Waals surface area contributed by atoms with Crippen molar-refractivity contribution >= 4 is 23.2 Å². The average molecular weight is 331 g/mol. The van der Waals surface area contributed by atoms with Crippen molar-refractivity contribution in [2.24, 2.45) is 0 Å². The largest absolute Gasteiger partial charge is 0.493 e. The SMILES string of the molecule is CCCCCCCCCCCCOc1cc(Cl)cc(Cl)c1. The van der Waals surface area contributed by atoms with E-state index in [1.54, 1.807) is 6.07 Å². The molecule has 1 nitrogen and oxygen atoms in total. The molecule has 0 radical (unpaired) electrons. The first kappa shape index (κ1) is 18.6. The normalized spacial score (nSPS) is 10.8. The van der Waals surface area contributed by atoms with Gasteiger partial charge < -0.3 is 4.74 Å². The highest BCUT2D eigenvalue weighted by Gasteiger charge is 1.99. The maximum absolute atomic E-state index is 5.93. The van der Waals surface area contributed by atoms with Crippen LogP contribution in [-0.4, -0.2) is 6.61 Å². The van der Waals surface area contributed by atoms with Gasteiger partial charge in [0.15, 0.2) is 0 Å². The summed E-state index contributed by atoms with van der Waals surface area (Å²) in [6, 6.07) is 5.34. The zero-order valence-electron chi connectivity index (χ0n) is 13.2. The molecular formula is C18H28Cl2O. The van der Waals surface area contributed by atoms with Crippen LogP contribution < -0.4 is 4.74 Å². The Morgan fingerprint density at radius 2 is 1.19 bits per heavy atom. The molecule has 0 fully saturated rings. The molecule has 0 atom stereocenters. The zero-order valence-corrected chi connectivity index (χ0v) is 14.7. The number of halogens is 2. The van der Waals surface area contributed by atoms with Crippen LogP contribution in [0.4, 0.5) is 0 Å². The summed E-state index contributed by atoms with van der Waals surface area (Å²) in [5.41, 5.74) is 0. The van der Waals surface area contributed by atoms with Gasteiger partial charge in [-0.25, -0.2) is 0 Å². The van der Waals surface area contributed by atoms with Crippen molar-refractivity contribution < 1.29 is 4.74 Å². The molecule has 0 amide bonds. The molecule has 1 aromatic carbocycles. The Bertz CT molecular complexity index is 359. The number of hydrogen-bond donors (Lipinski definition) is 0. The van der Waals surface area contributed by atoms with Gasteiger partial charge >= 0.3 is 0 Å². The Morgan fingerprint density at radius 1 is 0.714 bits per heavy atom. The van der Waals surface area contributed by atoms with Crippen molar-refractivity contribution in [3.8, 4) is 5.75 Å². The van der Waals surface area contributed by atoms with Crippen molar-refractivity contribution in [3.63, 3.8) is 0 Å². The molecule has 21 heavy (non-hydrogen) atoms. The van der Waals surface area contributed by atoms with E-state index in [4.69, 9.17) is 27.9 Å². The van der Waals surface area contributed by atoms with E-state index in [9.17, 15) is 0 Å². The Balaban J connectivity index is 1.93. The van der Waals surface area contributed by atoms with Gasteiger partial charge in [-0.3, -0.25) is 0 Å². The first-order chi connectivity index (χ1) is 10.2. The molecular weight excluding hydrogens is 303 g/mol. The summed E-state index contributed by atoms with van der Waals surface area (Å²) >= 11 is 11.9. The molecule has 0 spiro atoms. The van der Waals surface area contributed by atoms with Gasteiger partial charge in [0.1, 0.15) is 5.75 Å². The molecule has 3 heteroatoms. The highest BCUT2D eigenvalue weighted by molar-refractivity contribution is 6.34. The van der Waals surface area contributed by atoms with Crippen LogP contribution in [0.5, 0.6) is 5.75 Å². The summed E-state index contributed by atoms with van der Waals surface area (Å²) in [7, 11) is 0. The van der Waals surface area contributed by atoms with Crippen LogP contribution in [0.2, 0.25) is 10.0 Å². The van der Waals surface area contributed by atoms with E-state index in [1.165, 1.54) is 57.8 Å². The van der Waals surface area contributed by atoms with E-state index >= 15 is 0 Å². The maximum atomic E-state index is 5.93. The number of unbranched alkanes of at least 4 members (excludes halogenated alkanes) is 9. The fourth-order valence-electron chi connectivity index (χ4n) is 2.39. The minimum atomic E-state index is 0.626. The van der Waals surface area contributed by atoms with Crippen LogP contribution in [0.25, 0.3) is 0 Å². The molecule has 0 unspecified atom stereocenters. The van der Waals surface area contributed by atoms with Gasteiger partial charge in [-0.1, -0.05) is 87.9 Å². The van der Waals surface area contributed by atoms with Crippen LogP contribution in [0, 0.1) is 0 Å². The second-order valence-corrected chi connectivity index (χ2v) is 6.51. The zero-order chi connectivity index (χ0) is 15.3. The molecule has 0 aliphatic carbocycles. The summed E-state index contributed by atoms with van der Waals surface area (Å²) in [4.78, 5) is 0. The second kappa shape index (κ2) is 12.2. The lowest BCUT2D eigenvalue weighted by Gasteiger charge is -2.07. The second-order valence-electron chi connectivity index (χ2n) is 5.64. The maximum Gasteiger partial charge on any atom is 0.122 e. The van der Waals surface area contributed by atoms with Crippen LogP contribution in [0.15, 0.2) is 18.2 Å². The fraction of sp³-hybridized carbons (Fsp3) is 0.667. The van der Waals surface area contributed by atoms with Crippen LogP contribution >= 0.6 is 23.2 Å². The van der Waals surface area contributed by atoms with Gasteiger partial charge in [-0.15, -0.1) is 0 Å². The standard InChI is InChI=1S/C18H28Cl2O/c1-2-3-4-5-6-7-8-9-10-11-12-21-18-14-16(19)13-17(20)15-18/h13-15H,2-12H2,1H3. The van der Waals surface area contributed by atoms with Gasteiger partial charge in [0.05, 0.1) is 6.61 Å². The predicted octanol–water partition coefficient (Wildman–Crippen LogP) is 7.29. The lowest BCUT2D eigenvalue weighted by molar-refractivity contribution is 0.304. The first-order valence-electron chi connectivity index (χ1n) is 8.31. The molecule has 0 N–H and O–H groups in total. The molecule has 0 aliphatic heterocycles. The number of ether oxygens (including phenoxy) is 1. The number of benzene rings is 1. The quantitative estimate of drug-likeness (QED) is 0.365. The minimum absolute atomic E-state index is 0.626. The van der Waals surface area contributed by atoms with E-state index in [2.05, 4.69) is 6.92 Å². The van der Waals surface area contributed by atoms with Gasteiger partial charge in [0.2, 0.25) is 0 Å². The van der Waals surface area contributed by atoms with Crippen molar-refractivity contribution in [1.29, 1.82) is 0 Å². The molecule has 0 saturated heterocycles. The van der Waals surface area contributed by atoms with E-state index in [1.807, 2.05) is 12.1 Å². The molecule has 1 rings (SSSR count). The van der Waals surface area contributed by atoms with E-state index < -0.39 is 0 Å². The topological polar surface area (TPSA) is 9.23 Å². The van der Waals surface area contributed by atoms with E-state index in [-0.39, 0.29) is 0 Å². The van der Waals surface area contributed by atoms with E-state index in [0.717, 1.165) is 18.8 Å². The van der Waals surface area contributed by atoms with Gasteiger partial charge in [-0.2, -0.15) is 0 Å². The Morgan fingerprint density at radius 3 is 1.71 bits per heavy atom. The first-order valence-corrected chi connectivity index (χ1v) is 9.07. The monoisotopic (exact) mass is 330 g/mol. The summed E-state index contributed by atoms with van der Waals surface area (Å²) in [6.07, 6.45) is 13.3. The van der Waals surface area contributed by atoms with Crippen molar-refractivity contribution in [2.75, 3.05) is 6.61 Å². The fourth-order valence-corrected chi connectivity index (χ4v) is 2.90. The Hall–Kier alpha value is -0.400. The lowest BCUT2D eigenvalue weighted by atomic mass is 10.1.